The molecule has 3 heterocycles. The third-order valence-electron chi connectivity index (χ3n) is 6.04. The Bertz CT molecular complexity index is 1150. The fourth-order valence-corrected chi connectivity index (χ4v) is 6.15. The van der Waals surface area contributed by atoms with Gasteiger partial charge in [-0.1, -0.05) is 13.0 Å². The van der Waals surface area contributed by atoms with Gasteiger partial charge in [-0.25, -0.2) is 18.4 Å². The maximum atomic E-state index is 13.3. The third kappa shape index (κ3) is 2.76. The summed E-state index contributed by atoms with van der Waals surface area (Å²) in [6.45, 7) is 3.07. The summed E-state index contributed by atoms with van der Waals surface area (Å²) in [4.78, 5) is 9.63. The third-order valence-corrected chi connectivity index (χ3v) is 7.90. The molecule has 0 saturated carbocycles. The Morgan fingerprint density at radius 2 is 2.04 bits per heavy atom. The van der Waals surface area contributed by atoms with Crippen LogP contribution in [-0.2, 0) is 29.3 Å². The predicted molar refractivity (Wildman–Crippen MR) is 108 cm³/mol. The molecule has 2 aliphatic rings. The van der Waals surface area contributed by atoms with E-state index in [2.05, 4.69) is 16.5 Å². The fraction of sp³-hybridized carbons (Fsp3) is 0.429. The highest BCUT2D eigenvalue weighted by molar-refractivity contribution is 7.89. The molecular weight excluding hydrogens is 372 g/mol. The van der Waals surface area contributed by atoms with Crippen LogP contribution in [0.2, 0.25) is 0 Å². The minimum absolute atomic E-state index is 0.0686. The summed E-state index contributed by atoms with van der Waals surface area (Å²) in [5.41, 5.74) is 4.21. The van der Waals surface area contributed by atoms with E-state index in [1.165, 1.54) is 11.1 Å². The van der Waals surface area contributed by atoms with Crippen LogP contribution in [0, 0.1) is 0 Å². The molecule has 1 fully saturated rings. The number of rotatable bonds is 4. The Balaban J connectivity index is 1.46. The molecule has 1 aromatic carbocycles. The highest BCUT2D eigenvalue weighted by Gasteiger charge is 2.35. The summed E-state index contributed by atoms with van der Waals surface area (Å²) in [5.74, 6) is 0.968. The fourth-order valence-electron chi connectivity index (χ4n) is 4.61. The van der Waals surface area contributed by atoms with Crippen molar-refractivity contribution in [3.63, 3.8) is 0 Å². The lowest BCUT2D eigenvalue weighted by atomic mass is 10.1. The van der Waals surface area contributed by atoms with Gasteiger partial charge in [-0.15, -0.1) is 0 Å². The second-order valence-corrected chi connectivity index (χ2v) is 9.63. The smallest absolute Gasteiger partial charge is 0.243 e. The number of aromatic nitrogens is 3. The minimum Gasteiger partial charge on any atom is -0.308 e. The molecule has 2 aromatic heterocycles. The van der Waals surface area contributed by atoms with Crippen LogP contribution in [0.25, 0.3) is 11.2 Å². The van der Waals surface area contributed by atoms with Crippen LogP contribution in [0.5, 0.6) is 0 Å². The number of hydrogen-bond acceptors (Lipinski definition) is 4. The van der Waals surface area contributed by atoms with Crippen molar-refractivity contribution >= 4 is 21.2 Å². The van der Waals surface area contributed by atoms with Gasteiger partial charge in [-0.05, 0) is 61.1 Å². The first-order valence-corrected chi connectivity index (χ1v) is 11.5. The molecule has 6 nitrogen and oxygen atoms in total. The average Bonchev–Trinajstić information content (AvgIpc) is 3.43. The van der Waals surface area contributed by atoms with Crippen LogP contribution in [0.1, 0.15) is 42.8 Å². The first kappa shape index (κ1) is 17.8. The highest BCUT2D eigenvalue weighted by atomic mass is 32.2. The van der Waals surface area contributed by atoms with E-state index in [4.69, 9.17) is 4.98 Å². The molecule has 146 valence electrons. The van der Waals surface area contributed by atoms with Crippen molar-refractivity contribution in [3.8, 4) is 0 Å². The monoisotopic (exact) mass is 396 g/mol. The van der Waals surface area contributed by atoms with Crippen molar-refractivity contribution in [3.05, 3.63) is 53.5 Å². The van der Waals surface area contributed by atoms with Gasteiger partial charge in [0.1, 0.15) is 11.3 Å². The lowest BCUT2D eigenvalue weighted by Crippen LogP contribution is -2.29. The Kier molecular flexibility index (Phi) is 4.25. The standard InChI is InChI=1S/C21H24N4O2S/c1-2-20-23-19-7-4-11-22-21(19)25(20)17-10-12-24(14-17)28(26,27)18-9-8-15-5-3-6-16(15)13-18/h4,7-9,11,13,17H,2-3,5-6,10,12,14H2,1H3. The summed E-state index contributed by atoms with van der Waals surface area (Å²) >= 11 is 0. The van der Waals surface area contributed by atoms with E-state index in [-0.39, 0.29) is 6.04 Å². The molecule has 0 N–H and O–H groups in total. The summed E-state index contributed by atoms with van der Waals surface area (Å²) < 4.78 is 30.3. The Labute approximate surface area is 165 Å². The lowest BCUT2D eigenvalue weighted by Gasteiger charge is -2.19. The van der Waals surface area contributed by atoms with E-state index in [1.807, 2.05) is 24.3 Å². The van der Waals surface area contributed by atoms with Gasteiger partial charge in [-0.2, -0.15) is 4.31 Å². The summed E-state index contributed by atoms with van der Waals surface area (Å²) in [6, 6.07) is 9.57. The van der Waals surface area contributed by atoms with Gasteiger partial charge in [0.2, 0.25) is 10.0 Å². The van der Waals surface area contributed by atoms with Gasteiger partial charge in [0.05, 0.1) is 10.9 Å². The molecule has 0 amide bonds. The van der Waals surface area contributed by atoms with E-state index in [0.717, 1.165) is 49.1 Å². The summed E-state index contributed by atoms with van der Waals surface area (Å²) in [6.07, 6.45) is 6.50. The van der Waals surface area contributed by atoms with E-state index in [1.54, 1.807) is 16.6 Å². The zero-order valence-corrected chi connectivity index (χ0v) is 16.8. The number of pyridine rings is 1. The molecule has 1 aliphatic carbocycles. The van der Waals surface area contributed by atoms with E-state index >= 15 is 0 Å². The van der Waals surface area contributed by atoms with Gasteiger partial charge >= 0.3 is 0 Å². The minimum atomic E-state index is -3.48. The number of fused-ring (bicyclic) bond motifs is 2. The van der Waals surface area contributed by atoms with E-state index in [0.29, 0.717) is 18.0 Å². The molecule has 1 aliphatic heterocycles. The summed E-state index contributed by atoms with van der Waals surface area (Å²) in [7, 11) is -3.48. The van der Waals surface area contributed by atoms with Crippen LogP contribution in [0.3, 0.4) is 0 Å². The molecule has 0 spiro atoms. The molecule has 1 atom stereocenters. The van der Waals surface area contributed by atoms with Crippen LogP contribution >= 0.6 is 0 Å². The van der Waals surface area contributed by atoms with Crippen LogP contribution < -0.4 is 0 Å². The van der Waals surface area contributed by atoms with Gasteiger partial charge in [-0.3, -0.25) is 0 Å². The van der Waals surface area contributed by atoms with Gasteiger partial charge < -0.3 is 4.57 Å². The number of hydrogen-bond donors (Lipinski definition) is 0. The van der Waals surface area contributed by atoms with Gasteiger partial charge in [0.25, 0.3) is 0 Å². The first-order chi connectivity index (χ1) is 13.6. The van der Waals surface area contributed by atoms with Crippen molar-refractivity contribution in [2.45, 2.75) is 50.0 Å². The number of sulfonamides is 1. The van der Waals surface area contributed by atoms with Crippen molar-refractivity contribution < 1.29 is 8.42 Å². The molecule has 1 saturated heterocycles. The molecule has 1 unspecified atom stereocenters. The number of benzene rings is 1. The maximum Gasteiger partial charge on any atom is 0.243 e. The zero-order chi connectivity index (χ0) is 19.3. The van der Waals surface area contributed by atoms with Crippen LogP contribution in [0.15, 0.2) is 41.4 Å². The highest BCUT2D eigenvalue weighted by Crippen LogP contribution is 2.32. The average molecular weight is 397 g/mol. The van der Waals surface area contributed by atoms with Crippen molar-refractivity contribution in [1.82, 2.24) is 18.8 Å². The lowest BCUT2D eigenvalue weighted by molar-refractivity contribution is 0.450. The van der Waals surface area contributed by atoms with Crippen molar-refractivity contribution in [2.75, 3.05) is 13.1 Å². The Hall–Kier alpha value is -2.25. The van der Waals surface area contributed by atoms with Gasteiger partial charge in [0, 0.05) is 25.7 Å². The van der Waals surface area contributed by atoms with Crippen molar-refractivity contribution in [1.29, 1.82) is 0 Å². The molecule has 3 aromatic rings. The predicted octanol–water partition coefficient (Wildman–Crippen LogP) is 3.12. The molecule has 28 heavy (non-hydrogen) atoms. The van der Waals surface area contributed by atoms with E-state index in [9.17, 15) is 8.42 Å². The molecule has 5 rings (SSSR count). The topological polar surface area (TPSA) is 68.1 Å². The SMILES string of the molecule is CCc1nc2cccnc2n1C1CCN(S(=O)(=O)c2ccc3c(c2)CCC3)C1. The Morgan fingerprint density at radius 1 is 1.18 bits per heavy atom. The normalized spacial score (nSPS) is 20.1. The second-order valence-electron chi connectivity index (χ2n) is 7.69. The second kappa shape index (κ2) is 6.67. The van der Waals surface area contributed by atoms with Crippen molar-refractivity contribution in [2.24, 2.45) is 0 Å². The molecule has 0 radical (unpaired) electrons. The number of imidazole rings is 1. The van der Waals surface area contributed by atoms with Crippen LogP contribution in [0.4, 0.5) is 0 Å². The number of aryl methyl sites for hydroxylation is 3. The quantitative estimate of drug-likeness (QED) is 0.680. The van der Waals surface area contributed by atoms with E-state index < -0.39 is 10.0 Å². The molecule has 7 heteroatoms. The van der Waals surface area contributed by atoms with Gasteiger partial charge in [0.15, 0.2) is 5.65 Å². The van der Waals surface area contributed by atoms with Crippen LogP contribution in [-0.4, -0.2) is 40.3 Å². The Morgan fingerprint density at radius 3 is 2.89 bits per heavy atom. The largest absolute Gasteiger partial charge is 0.308 e. The molecule has 0 bridgehead atoms. The zero-order valence-electron chi connectivity index (χ0n) is 16.0. The first-order valence-electron chi connectivity index (χ1n) is 10.0. The molecular formula is C21H24N4O2S. The summed E-state index contributed by atoms with van der Waals surface area (Å²) in [5, 5.41) is 0. The number of nitrogens with zero attached hydrogens (tertiary/aromatic N) is 4. The maximum absolute atomic E-state index is 13.3.